The summed E-state index contributed by atoms with van der Waals surface area (Å²) in [7, 11) is 0. The molecule has 0 aliphatic carbocycles. The first kappa shape index (κ1) is 29.7. The largest absolute Gasteiger partial charge is 0.491 e. The first-order valence-electron chi connectivity index (χ1n) is 11.7. The minimum atomic E-state index is -4.47. The number of unbranched alkanes of at least 4 members (excludes halogenated alkanes) is 3. The molecular weight excluding hydrogens is 455 g/mol. The normalized spacial score (nSPS) is 13.2. The van der Waals surface area contributed by atoms with Gasteiger partial charge in [-0.25, -0.2) is 0 Å². The van der Waals surface area contributed by atoms with Crippen LogP contribution in [0.5, 0.6) is 5.75 Å². The van der Waals surface area contributed by atoms with Crippen molar-refractivity contribution in [2.24, 2.45) is 0 Å². The number of ether oxygens (including phenoxy) is 3. The Hall–Kier alpha value is -2.33. The van der Waals surface area contributed by atoms with Crippen LogP contribution in [0.3, 0.4) is 0 Å². The molecule has 0 radical (unpaired) electrons. The number of rotatable bonds is 17. The molecule has 0 aromatic heterocycles. The zero-order valence-corrected chi connectivity index (χ0v) is 19.9. The average Bonchev–Trinajstić information content (AvgIpc) is 2.78. The van der Waals surface area contributed by atoms with Gasteiger partial charge in [-0.1, -0.05) is 25.3 Å². The molecule has 0 bridgehead atoms. The van der Waals surface area contributed by atoms with Gasteiger partial charge in [-0.2, -0.15) is 13.2 Å². The van der Waals surface area contributed by atoms with E-state index >= 15 is 0 Å². The number of carbonyl (C=O) groups excluding carboxylic acids is 2. The van der Waals surface area contributed by atoms with E-state index in [-0.39, 0.29) is 37.3 Å². The lowest BCUT2D eigenvalue weighted by atomic mass is 10.1. The van der Waals surface area contributed by atoms with Gasteiger partial charge in [0.15, 0.2) is 0 Å². The maximum Gasteiger partial charge on any atom is 0.416 e. The van der Waals surface area contributed by atoms with Gasteiger partial charge in [0.25, 0.3) is 0 Å². The number of halogens is 3. The van der Waals surface area contributed by atoms with Crippen LogP contribution in [-0.2, 0) is 25.2 Å². The Bertz CT molecular complexity index is 729. The molecule has 2 unspecified atom stereocenters. The molecule has 0 saturated carbocycles. The van der Waals surface area contributed by atoms with Crippen molar-refractivity contribution in [3.8, 4) is 5.75 Å². The minimum Gasteiger partial charge on any atom is -0.491 e. The summed E-state index contributed by atoms with van der Waals surface area (Å²) in [4.78, 5) is 23.5. The number of aliphatic hydroxyl groups excluding tert-OH is 1. The Balaban J connectivity index is 2.35. The molecule has 1 aromatic carbocycles. The summed E-state index contributed by atoms with van der Waals surface area (Å²) in [5.41, 5.74) is -0.820. The molecule has 1 aromatic rings. The predicted octanol–water partition coefficient (Wildman–Crippen LogP) is 4.26. The number of nitrogens with one attached hydrogen (secondary N) is 1. The molecule has 2 atom stereocenters. The SMILES string of the molecule is CCOC(=O)CCCCCCC(NCCC(O)COc1cccc(C(F)(F)F)c1)C(=O)OCC. The summed E-state index contributed by atoms with van der Waals surface area (Å²) in [5, 5.41) is 13.2. The lowest BCUT2D eigenvalue weighted by Crippen LogP contribution is -2.40. The molecule has 2 N–H and O–H groups in total. The first-order chi connectivity index (χ1) is 16.2. The topological polar surface area (TPSA) is 94.1 Å². The number of hydrogen-bond donors (Lipinski definition) is 2. The van der Waals surface area contributed by atoms with Gasteiger partial charge in [0.2, 0.25) is 0 Å². The van der Waals surface area contributed by atoms with Crippen LogP contribution in [-0.4, -0.2) is 55.6 Å². The van der Waals surface area contributed by atoms with E-state index in [1.54, 1.807) is 13.8 Å². The third-order valence-corrected chi connectivity index (χ3v) is 4.97. The highest BCUT2D eigenvalue weighted by Gasteiger charge is 2.30. The highest BCUT2D eigenvalue weighted by Crippen LogP contribution is 2.31. The number of esters is 2. The molecule has 0 amide bonds. The quantitative estimate of drug-likeness (QED) is 0.248. The van der Waals surface area contributed by atoms with Crippen molar-refractivity contribution in [2.45, 2.75) is 77.1 Å². The van der Waals surface area contributed by atoms with Crippen molar-refractivity contribution >= 4 is 11.9 Å². The van der Waals surface area contributed by atoms with E-state index < -0.39 is 23.9 Å². The van der Waals surface area contributed by atoms with Gasteiger partial charge in [-0.05, 0) is 57.9 Å². The summed E-state index contributed by atoms with van der Waals surface area (Å²) in [6.45, 7) is 4.25. The van der Waals surface area contributed by atoms with Crippen LogP contribution in [0.2, 0.25) is 0 Å². The maximum atomic E-state index is 12.8. The molecule has 0 aliphatic rings. The van der Waals surface area contributed by atoms with Crippen LogP contribution in [0, 0.1) is 0 Å². The third kappa shape index (κ3) is 12.8. The summed E-state index contributed by atoms with van der Waals surface area (Å²) in [6, 6.07) is 3.94. The predicted molar refractivity (Wildman–Crippen MR) is 120 cm³/mol. The second-order valence-electron chi connectivity index (χ2n) is 7.80. The van der Waals surface area contributed by atoms with Crippen LogP contribution in [0.25, 0.3) is 0 Å². The van der Waals surface area contributed by atoms with E-state index in [0.717, 1.165) is 37.8 Å². The van der Waals surface area contributed by atoms with E-state index in [0.29, 0.717) is 26.0 Å². The maximum absolute atomic E-state index is 12.8. The first-order valence-corrected chi connectivity index (χ1v) is 11.7. The number of carbonyl (C=O) groups is 2. The lowest BCUT2D eigenvalue weighted by molar-refractivity contribution is -0.146. The summed E-state index contributed by atoms with van der Waals surface area (Å²) in [5.74, 6) is -0.554. The molecule has 0 spiro atoms. The van der Waals surface area contributed by atoms with Crippen LogP contribution < -0.4 is 10.1 Å². The van der Waals surface area contributed by atoms with Gasteiger partial charge in [0.05, 0.1) is 24.9 Å². The molecule has 0 saturated heterocycles. The van der Waals surface area contributed by atoms with Gasteiger partial charge in [-0.15, -0.1) is 0 Å². The fourth-order valence-corrected chi connectivity index (χ4v) is 3.21. The van der Waals surface area contributed by atoms with E-state index in [1.165, 1.54) is 12.1 Å². The van der Waals surface area contributed by atoms with Crippen molar-refractivity contribution in [2.75, 3.05) is 26.4 Å². The molecule has 0 fully saturated rings. The van der Waals surface area contributed by atoms with Gasteiger partial charge in [-0.3, -0.25) is 9.59 Å². The molecular formula is C24H36F3NO6. The monoisotopic (exact) mass is 491 g/mol. The van der Waals surface area contributed by atoms with E-state index in [9.17, 15) is 27.9 Å². The number of hydrogen-bond acceptors (Lipinski definition) is 7. The Kier molecular flexibility index (Phi) is 14.3. The van der Waals surface area contributed by atoms with Crippen molar-refractivity contribution in [3.05, 3.63) is 29.8 Å². The summed E-state index contributed by atoms with van der Waals surface area (Å²) >= 11 is 0. The molecule has 34 heavy (non-hydrogen) atoms. The van der Waals surface area contributed by atoms with Crippen molar-refractivity contribution in [1.82, 2.24) is 5.32 Å². The summed E-state index contributed by atoms with van der Waals surface area (Å²) < 4.78 is 53.6. The minimum absolute atomic E-state index is 0.0224. The Morgan fingerprint density at radius 2 is 1.74 bits per heavy atom. The fourth-order valence-electron chi connectivity index (χ4n) is 3.21. The average molecular weight is 492 g/mol. The standard InChI is InChI=1S/C24H36F3NO6/c1-3-32-22(30)13-8-6-5-7-12-21(23(31)33-4-2)28-15-14-19(29)17-34-20-11-9-10-18(16-20)24(25,26)27/h9-11,16,19,21,28-29H,3-8,12-15,17H2,1-2H3. The van der Waals surface area contributed by atoms with Crippen LogP contribution >= 0.6 is 0 Å². The Morgan fingerprint density at radius 3 is 2.41 bits per heavy atom. The second-order valence-corrected chi connectivity index (χ2v) is 7.80. The Labute approximate surface area is 199 Å². The van der Waals surface area contributed by atoms with Crippen LogP contribution in [0.1, 0.15) is 64.4 Å². The van der Waals surface area contributed by atoms with E-state index in [4.69, 9.17) is 14.2 Å². The van der Waals surface area contributed by atoms with Crippen molar-refractivity contribution in [1.29, 1.82) is 0 Å². The fraction of sp³-hybridized carbons (Fsp3) is 0.667. The molecule has 1 rings (SSSR count). The summed E-state index contributed by atoms with van der Waals surface area (Å²) in [6.07, 6.45) is -1.02. The zero-order valence-electron chi connectivity index (χ0n) is 19.9. The number of aliphatic hydroxyl groups is 1. The molecule has 10 heteroatoms. The highest BCUT2D eigenvalue weighted by atomic mass is 19.4. The molecule has 194 valence electrons. The van der Waals surface area contributed by atoms with Gasteiger partial charge in [0, 0.05) is 6.42 Å². The second kappa shape index (κ2) is 16.3. The molecule has 0 aliphatic heterocycles. The smallest absolute Gasteiger partial charge is 0.416 e. The number of benzene rings is 1. The van der Waals surface area contributed by atoms with Crippen LogP contribution in [0.15, 0.2) is 24.3 Å². The van der Waals surface area contributed by atoms with Crippen molar-refractivity contribution in [3.63, 3.8) is 0 Å². The molecule has 7 nitrogen and oxygen atoms in total. The van der Waals surface area contributed by atoms with E-state index in [2.05, 4.69) is 5.32 Å². The van der Waals surface area contributed by atoms with Crippen molar-refractivity contribution < 1.29 is 42.1 Å². The highest BCUT2D eigenvalue weighted by molar-refractivity contribution is 5.75. The zero-order chi connectivity index (χ0) is 25.4. The van der Waals surface area contributed by atoms with E-state index in [1.807, 2.05) is 0 Å². The number of alkyl halides is 3. The molecule has 0 heterocycles. The van der Waals surface area contributed by atoms with Gasteiger partial charge in [0.1, 0.15) is 18.4 Å². The van der Waals surface area contributed by atoms with Crippen LogP contribution in [0.4, 0.5) is 13.2 Å². The Morgan fingerprint density at radius 1 is 1.03 bits per heavy atom. The van der Waals surface area contributed by atoms with Gasteiger partial charge < -0.3 is 24.6 Å². The van der Waals surface area contributed by atoms with Gasteiger partial charge >= 0.3 is 18.1 Å². The third-order valence-electron chi connectivity index (χ3n) is 4.97. The lowest BCUT2D eigenvalue weighted by Gasteiger charge is -2.19.